The predicted octanol–water partition coefficient (Wildman–Crippen LogP) is 3.28. The van der Waals surface area contributed by atoms with Gasteiger partial charge in [-0.15, -0.1) is 0 Å². The van der Waals surface area contributed by atoms with Gasteiger partial charge in [0.2, 0.25) is 0 Å². The van der Waals surface area contributed by atoms with Crippen LogP contribution in [-0.4, -0.2) is 6.61 Å². The molecule has 2 nitrogen and oxygen atoms in total. The van der Waals surface area contributed by atoms with Gasteiger partial charge in [-0.2, -0.15) is 0 Å². The molecule has 0 atom stereocenters. The van der Waals surface area contributed by atoms with E-state index >= 15 is 0 Å². The zero-order valence-corrected chi connectivity index (χ0v) is 10.7. The van der Waals surface area contributed by atoms with Crippen LogP contribution in [0.15, 0.2) is 36.4 Å². The number of fused-ring (bicyclic) bond motifs is 1. The maximum absolute atomic E-state index is 13.5. The zero-order chi connectivity index (χ0) is 13.2. The number of hydrogen-bond donors (Lipinski definition) is 1. The average Bonchev–Trinajstić information content (AvgIpc) is 2.47. The van der Waals surface area contributed by atoms with Gasteiger partial charge in [0.05, 0.1) is 6.61 Å². The lowest BCUT2D eigenvalue weighted by molar-refractivity contribution is 0.289. The third-order valence-corrected chi connectivity index (χ3v) is 3.51. The molecule has 0 radical (unpaired) electrons. The number of ether oxygens (including phenoxy) is 1. The Balaban J connectivity index is 2.12. The summed E-state index contributed by atoms with van der Waals surface area (Å²) in [7, 11) is 0. The van der Waals surface area contributed by atoms with Crippen LogP contribution in [0.5, 0.6) is 5.75 Å². The van der Waals surface area contributed by atoms with Crippen molar-refractivity contribution in [2.75, 3.05) is 6.61 Å². The Hall–Kier alpha value is -1.87. The van der Waals surface area contributed by atoms with Crippen molar-refractivity contribution in [3.05, 3.63) is 53.3 Å². The molecule has 0 spiro atoms. The van der Waals surface area contributed by atoms with Crippen molar-refractivity contribution in [3.63, 3.8) is 0 Å². The number of aryl methyl sites for hydroxylation is 1. The lowest BCUT2D eigenvalue weighted by Crippen LogP contribution is -2.09. The summed E-state index contributed by atoms with van der Waals surface area (Å²) in [6.07, 6.45) is 2.09. The van der Waals surface area contributed by atoms with Gasteiger partial charge in [-0.25, -0.2) is 4.39 Å². The highest BCUT2D eigenvalue weighted by Gasteiger charge is 2.16. The summed E-state index contributed by atoms with van der Waals surface area (Å²) in [5.74, 6) is 0.681. The minimum absolute atomic E-state index is 0.204. The van der Waals surface area contributed by atoms with Crippen molar-refractivity contribution in [1.29, 1.82) is 0 Å². The highest BCUT2D eigenvalue weighted by atomic mass is 19.1. The van der Waals surface area contributed by atoms with E-state index in [-0.39, 0.29) is 12.4 Å². The van der Waals surface area contributed by atoms with Crippen molar-refractivity contribution in [2.45, 2.75) is 19.4 Å². The Kier molecular flexibility index (Phi) is 3.22. The molecule has 2 N–H and O–H groups in total. The summed E-state index contributed by atoms with van der Waals surface area (Å²) in [4.78, 5) is 0. The molecule has 0 aromatic heterocycles. The van der Waals surface area contributed by atoms with Gasteiger partial charge in [-0.05, 0) is 36.1 Å². The highest BCUT2D eigenvalue weighted by molar-refractivity contribution is 5.73. The molecule has 3 heteroatoms. The maximum Gasteiger partial charge on any atom is 0.130 e. The largest absolute Gasteiger partial charge is 0.493 e. The van der Waals surface area contributed by atoms with E-state index in [0.29, 0.717) is 5.56 Å². The van der Waals surface area contributed by atoms with E-state index in [1.807, 2.05) is 18.2 Å². The molecular formula is C16H16FNO. The second kappa shape index (κ2) is 5.02. The standard InChI is InChI=1S/C16H16FNO/c17-15-7-6-12(9-13(15)10-18)14-5-1-3-11-4-2-8-19-16(11)14/h1,3,5-7,9H,2,4,8,10,18H2. The Morgan fingerprint density at radius 1 is 1.21 bits per heavy atom. The molecule has 1 aliphatic rings. The lowest BCUT2D eigenvalue weighted by atomic mass is 9.96. The monoisotopic (exact) mass is 257 g/mol. The fourth-order valence-corrected chi connectivity index (χ4v) is 2.52. The van der Waals surface area contributed by atoms with E-state index in [1.54, 1.807) is 6.07 Å². The SMILES string of the molecule is NCc1cc(-c2cccc3c2OCCC3)ccc1F. The molecule has 19 heavy (non-hydrogen) atoms. The second-order valence-corrected chi connectivity index (χ2v) is 4.76. The number of halogens is 1. The van der Waals surface area contributed by atoms with Crippen LogP contribution in [0.3, 0.4) is 0 Å². The quantitative estimate of drug-likeness (QED) is 0.896. The van der Waals surface area contributed by atoms with Gasteiger partial charge in [0, 0.05) is 17.7 Å². The topological polar surface area (TPSA) is 35.2 Å². The smallest absolute Gasteiger partial charge is 0.130 e. The van der Waals surface area contributed by atoms with Crippen LogP contribution in [0, 0.1) is 5.82 Å². The number of nitrogens with two attached hydrogens (primary N) is 1. The summed E-state index contributed by atoms with van der Waals surface area (Å²) in [6, 6.07) is 11.2. The zero-order valence-electron chi connectivity index (χ0n) is 10.7. The maximum atomic E-state index is 13.5. The molecule has 2 aromatic carbocycles. The predicted molar refractivity (Wildman–Crippen MR) is 73.5 cm³/mol. The van der Waals surface area contributed by atoms with Crippen LogP contribution in [0.2, 0.25) is 0 Å². The second-order valence-electron chi connectivity index (χ2n) is 4.76. The van der Waals surface area contributed by atoms with Crippen LogP contribution >= 0.6 is 0 Å². The van der Waals surface area contributed by atoms with Crippen LogP contribution in [0.1, 0.15) is 17.5 Å². The molecule has 1 heterocycles. The fourth-order valence-electron chi connectivity index (χ4n) is 2.52. The minimum Gasteiger partial charge on any atom is -0.493 e. The first-order valence-corrected chi connectivity index (χ1v) is 6.53. The Bertz CT molecular complexity index is 610. The van der Waals surface area contributed by atoms with Gasteiger partial charge in [0.25, 0.3) is 0 Å². The van der Waals surface area contributed by atoms with E-state index in [4.69, 9.17) is 10.5 Å². The van der Waals surface area contributed by atoms with E-state index in [2.05, 4.69) is 6.07 Å². The third-order valence-electron chi connectivity index (χ3n) is 3.51. The van der Waals surface area contributed by atoms with Crippen LogP contribution in [0.4, 0.5) is 4.39 Å². The number of rotatable bonds is 2. The van der Waals surface area contributed by atoms with Gasteiger partial charge < -0.3 is 10.5 Å². The summed E-state index contributed by atoms with van der Waals surface area (Å²) in [5.41, 5.74) is 9.30. The Labute approximate surface area is 112 Å². The third kappa shape index (κ3) is 2.22. The van der Waals surface area contributed by atoms with E-state index in [1.165, 1.54) is 11.6 Å². The first-order chi connectivity index (χ1) is 9.29. The minimum atomic E-state index is -0.253. The van der Waals surface area contributed by atoms with Crippen molar-refractivity contribution in [2.24, 2.45) is 5.73 Å². The first-order valence-electron chi connectivity index (χ1n) is 6.53. The number of benzene rings is 2. The molecule has 0 fully saturated rings. The van der Waals surface area contributed by atoms with Crippen LogP contribution < -0.4 is 10.5 Å². The first kappa shape index (κ1) is 12.2. The van der Waals surface area contributed by atoms with Crippen molar-refractivity contribution < 1.29 is 9.13 Å². The number of hydrogen-bond acceptors (Lipinski definition) is 2. The molecule has 0 unspecified atom stereocenters. The van der Waals surface area contributed by atoms with Crippen molar-refractivity contribution in [1.82, 2.24) is 0 Å². The molecule has 2 aromatic rings. The van der Waals surface area contributed by atoms with Gasteiger partial charge in [0.1, 0.15) is 11.6 Å². The molecule has 0 saturated carbocycles. The van der Waals surface area contributed by atoms with Crippen molar-refractivity contribution >= 4 is 0 Å². The fraction of sp³-hybridized carbons (Fsp3) is 0.250. The normalized spacial score (nSPS) is 13.8. The molecule has 3 rings (SSSR count). The number of para-hydroxylation sites is 1. The summed E-state index contributed by atoms with van der Waals surface area (Å²) in [6.45, 7) is 0.949. The summed E-state index contributed by atoms with van der Waals surface area (Å²) in [5, 5.41) is 0. The van der Waals surface area contributed by atoms with Gasteiger partial charge in [0.15, 0.2) is 0 Å². The van der Waals surface area contributed by atoms with Crippen molar-refractivity contribution in [3.8, 4) is 16.9 Å². The average molecular weight is 257 g/mol. The lowest BCUT2D eigenvalue weighted by Gasteiger charge is -2.20. The molecule has 0 saturated heterocycles. The molecular weight excluding hydrogens is 241 g/mol. The summed E-state index contributed by atoms with van der Waals surface area (Å²) < 4.78 is 19.3. The molecule has 0 bridgehead atoms. The van der Waals surface area contributed by atoms with E-state index < -0.39 is 0 Å². The summed E-state index contributed by atoms with van der Waals surface area (Å²) >= 11 is 0. The van der Waals surface area contributed by atoms with E-state index in [0.717, 1.165) is 36.3 Å². The van der Waals surface area contributed by atoms with Gasteiger partial charge >= 0.3 is 0 Å². The molecule has 1 aliphatic heterocycles. The molecule has 98 valence electrons. The molecule has 0 amide bonds. The van der Waals surface area contributed by atoms with E-state index in [9.17, 15) is 4.39 Å². The molecule has 0 aliphatic carbocycles. The Morgan fingerprint density at radius 2 is 2.11 bits per heavy atom. The van der Waals surface area contributed by atoms with Crippen LogP contribution in [-0.2, 0) is 13.0 Å². The highest BCUT2D eigenvalue weighted by Crippen LogP contribution is 2.36. The van der Waals surface area contributed by atoms with Crippen LogP contribution in [0.25, 0.3) is 11.1 Å². The van der Waals surface area contributed by atoms with Gasteiger partial charge in [-0.1, -0.05) is 24.3 Å². The van der Waals surface area contributed by atoms with Gasteiger partial charge in [-0.3, -0.25) is 0 Å². The Morgan fingerprint density at radius 3 is 2.95 bits per heavy atom.